The van der Waals surface area contributed by atoms with E-state index in [0.29, 0.717) is 21.5 Å². The first-order chi connectivity index (χ1) is 9.52. The number of methoxy groups -OCH3 is 1. The standard InChI is InChI=1S/C15H14BrNO3/c1-17(10-3-5-11(18)6-4-10)15(19)13-9-12(20-2)7-8-14(13)16/h3-9,18H,1-2H3. The van der Waals surface area contributed by atoms with Crippen molar-refractivity contribution < 1.29 is 14.6 Å². The first-order valence-corrected chi connectivity index (χ1v) is 6.73. The number of hydrogen-bond donors (Lipinski definition) is 1. The van der Waals surface area contributed by atoms with Crippen molar-refractivity contribution in [3.8, 4) is 11.5 Å². The third-order valence-electron chi connectivity index (χ3n) is 2.95. The van der Waals surface area contributed by atoms with Gasteiger partial charge in [-0.2, -0.15) is 0 Å². The number of halogens is 1. The summed E-state index contributed by atoms with van der Waals surface area (Å²) in [6, 6.07) is 11.7. The number of rotatable bonds is 3. The van der Waals surface area contributed by atoms with Crippen LogP contribution in [0.5, 0.6) is 11.5 Å². The molecule has 1 amide bonds. The Kier molecular flexibility index (Phi) is 4.29. The highest BCUT2D eigenvalue weighted by atomic mass is 79.9. The van der Waals surface area contributed by atoms with Gasteiger partial charge >= 0.3 is 0 Å². The van der Waals surface area contributed by atoms with Crippen molar-refractivity contribution in [2.75, 3.05) is 19.1 Å². The highest BCUT2D eigenvalue weighted by Gasteiger charge is 2.17. The van der Waals surface area contributed by atoms with Gasteiger partial charge in [0.25, 0.3) is 5.91 Å². The van der Waals surface area contributed by atoms with Crippen LogP contribution >= 0.6 is 15.9 Å². The van der Waals surface area contributed by atoms with Gasteiger partial charge in [0, 0.05) is 17.2 Å². The van der Waals surface area contributed by atoms with Gasteiger partial charge in [-0.1, -0.05) is 0 Å². The second-order valence-electron chi connectivity index (χ2n) is 4.23. The van der Waals surface area contributed by atoms with Gasteiger partial charge in [0.15, 0.2) is 0 Å². The summed E-state index contributed by atoms with van der Waals surface area (Å²) in [5.41, 5.74) is 1.21. The van der Waals surface area contributed by atoms with Crippen LogP contribution in [0.3, 0.4) is 0 Å². The van der Waals surface area contributed by atoms with Gasteiger partial charge in [-0.05, 0) is 58.4 Å². The molecule has 2 aromatic rings. The topological polar surface area (TPSA) is 49.8 Å². The molecule has 0 aliphatic heterocycles. The molecule has 1 N–H and O–H groups in total. The van der Waals surface area contributed by atoms with Gasteiger partial charge < -0.3 is 14.7 Å². The van der Waals surface area contributed by atoms with Gasteiger partial charge in [0.05, 0.1) is 12.7 Å². The van der Waals surface area contributed by atoms with E-state index in [1.165, 1.54) is 4.90 Å². The molecule has 0 heterocycles. The molecule has 0 aliphatic rings. The average molecular weight is 336 g/mol. The first-order valence-electron chi connectivity index (χ1n) is 5.93. The van der Waals surface area contributed by atoms with Crippen LogP contribution in [0.15, 0.2) is 46.9 Å². The number of carbonyl (C=O) groups excluding carboxylic acids is 1. The number of phenols is 1. The number of amides is 1. The Hall–Kier alpha value is -2.01. The first kappa shape index (κ1) is 14.4. The maximum Gasteiger partial charge on any atom is 0.259 e. The van der Waals surface area contributed by atoms with E-state index in [1.807, 2.05) is 0 Å². The van der Waals surface area contributed by atoms with E-state index < -0.39 is 0 Å². The molecular formula is C15H14BrNO3. The van der Waals surface area contributed by atoms with E-state index in [2.05, 4.69) is 15.9 Å². The lowest BCUT2D eigenvalue weighted by Crippen LogP contribution is -2.26. The Bertz CT molecular complexity index is 626. The molecule has 4 nitrogen and oxygen atoms in total. The summed E-state index contributed by atoms with van der Waals surface area (Å²) >= 11 is 3.37. The monoisotopic (exact) mass is 335 g/mol. The number of anilines is 1. The molecule has 0 saturated heterocycles. The molecule has 0 atom stereocenters. The molecule has 104 valence electrons. The third kappa shape index (κ3) is 2.93. The molecule has 0 aromatic heterocycles. The van der Waals surface area contributed by atoms with E-state index in [-0.39, 0.29) is 11.7 Å². The highest BCUT2D eigenvalue weighted by molar-refractivity contribution is 9.10. The Labute approximate surface area is 125 Å². The molecule has 0 bridgehead atoms. The molecule has 0 aliphatic carbocycles. The minimum absolute atomic E-state index is 0.164. The third-order valence-corrected chi connectivity index (χ3v) is 3.64. The summed E-state index contributed by atoms with van der Waals surface area (Å²) in [4.78, 5) is 14.0. The number of nitrogens with zero attached hydrogens (tertiary/aromatic N) is 1. The van der Waals surface area contributed by atoms with Crippen molar-refractivity contribution >= 4 is 27.5 Å². The molecule has 0 fully saturated rings. The van der Waals surface area contributed by atoms with Crippen LogP contribution in [-0.2, 0) is 0 Å². The fourth-order valence-corrected chi connectivity index (χ4v) is 2.19. The lowest BCUT2D eigenvalue weighted by Gasteiger charge is -2.18. The number of benzene rings is 2. The second kappa shape index (κ2) is 5.96. The minimum Gasteiger partial charge on any atom is -0.508 e. The van der Waals surface area contributed by atoms with E-state index in [0.717, 1.165) is 0 Å². The number of carbonyl (C=O) groups is 1. The summed E-state index contributed by atoms with van der Waals surface area (Å²) in [5.74, 6) is 0.620. The average Bonchev–Trinajstić information content (AvgIpc) is 2.47. The van der Waals surface area contributed by atoms with E-state index in [1.54, 1.807) is 56.6 Å². The molecule has 5 heteroatoms. The number of hydrogen-bond acceptors (Lipinski definition) is 3. The number of ether oxygens (including phenoxy) is 1. The zero-order valence-electron chi connectivity index (χ0n) is 11.1. The largest absolute Gasteiger partial charge is 0.508 e. The number of phenolic OH excluding ortho intramolecular Hbond substituents is 1. The molecule has 0 spiro atoms. The molecule has 0 saturated carbocycles. The summed E-state index contributed by atoms with van der Waals surface area (Å²) in [7, 11) is 3.24. The van der Waals surface area contributed by atoms with Gasteiger partial charge in [-0.25, -0.2) is 0 Å². The van der Waals surface area contributed by atoms with Crippen LogP contribution in [0.25, 0.3) is 0 Å². The van der Waals surface area contributed by atoms with Crippen LogP contribution in [0, 0.1) is 0 Å². The van der Waals surface area contributed by atoms with Crippen molar-refractivity contribution in [2.45, 2.75) is 0 Å². The zero-order valence-corrected chi connectivity index (χ0v) is 12.7. The Morgan fingerprint density at radius 2 is 1.85 bits per heavy atom. The van der Waals surface area contributed by atoms with E-state index in [9.17, 15) is 9.90 Å². The van der Waals surface area contributed by atoms with Crippen molar-refractivity contribution in [3.05, 3.63) is 52.5 Å². The molecule has 2 aromatic carbocycles. The lowest BCUT2D eigenvalue weighted by atomic mass is 10.1. The summed E-state index contributed by atoms with van der Waals surface area (Å²) in [6.07, 6.45) is 0. The predicted molar refractivity (Wildman–Crippen MR) is 81.5 cm³/mol. The van der Waals surface area contributed by atoms with Gasteiger partial charge in [0.1, 0.15) is 11.5 Å². The predicted octanol–water partition coefficient (Wildman–Crippen LogP) is 3.44. The molecule has 2 rings (SSSR count). The normalized spacial score (nSPS) is 10.2. The molecule has 20 heavy (non-hydrogen) atoms. The van der Waals surface area contributed by atoms with Crippen LogP contribution in [0.2, 0.25) is 0 Å². The van der Waals surface area contributed by atoms with Gasteiger partial charge in [0.2, 0.25) is 0 Å². The minimum atomic E-state index is -0.165. The van der Waals surface area contributed by atoms with Crippen molar-refractivity contribution in [2.24, 2.45) is 0 Å². The summed E-state index contributed by atoms with van der Waals surface area (Å²) in [5, 5.41) is 9.28. The van der Waals surface area contributed by atoms with Crippen LogP contribution in [0.4, 0.5) is 5.69 Å². The van der Waals surface area contributed by atoms with Crippen molar-refractivity contribution in [3.63, 3.8) is 0 Å². The maximum atomic E-state index is 12.5. The van der Waals surface area contributed by atoms with Gasteiger partial charge in [-0.3, -0.25) is 4.79 Å². The SMILES string of the molecule is COc1ccc(Br)c(C(=O)N(C)c2ccc(O)cc2)c1. The molecule has 0 radical (unpaired) electrons. The van der Waals surface area contributed by atoms with Crippen LogP contribution < -0.4 is 9.64 Å². The highest BCUT2D eigenvalue weighted by Crippen LogP contribution is 2.26. The van der Waals surface area contributed by atoms with E-state index >= 15 is 0 Å². The molecular weight excluding hydrogens is 322 g/mol. The fraction of sp³-hybridized carbons (Fsp3) is 0.133. The quantitative estimate of drug-likeness (QED) is 0.934. The zero-order chi connectivity index (χ0) is 14.7. The maximum absolute atomic E-state index is 12.5. The van der Waals surface area contributed by atoms with Crippen molar-refractivity contribution in [1.29, 1.82) is 0 Å². The Morgan fingerprint density at radius 1 is 1.20 bits per heavy atom. The lowest BCUT2D eigenvalue weighted by molar-refractivity contribution is 0.0992. The second-order valence-corrected chi connectivity index (χ2v) is 5.08. The van der Waals surface area contributed by atoms with E-state index in [4.69, 9.17) is 4.74 Å². The van der Waals surface area contributed by atoms with Crippen molar-refractivity contribution in [1.82, 2.24) is 0 Å². The Balaban J connectivity index is 2.33. The number of aromatic hydroxyl groups is 1. The fourth-order valence-electron chi connectivity index (χ4n) is 1.77. The van der Waals surface area contributed by atoms with Crippen LogP contribution in [0.1, 0.15) is 10.4 Å². The Morgan fingerprint density at radius 3 is 2.45 bits per heavy atom. The summed E-state index contributed by atoms with van der Waals surface area (Å²) < 4.78 is 5.84. The van der Waals surface area contributed by atoms with Crippen LogP contribution in [-0.4, -0.2) is 25.2 Å². The summed E-state index contributed by atoms with van der Waals surface area (Å²) in [6.45, 7) is 0. The smallest absolute Gasteiger partial charge is 0.259 e. The molecule has 0 unspecified atom stereocenters. The van der Waals surface area contributed by atoms with Gasteiger partial charge in [-0.15, -0.1) is 0 Å².